The van der Waals surface area contributed by atoms with Crippen LogP contribution in [-0.4, -0.2) is 35.5 Å². The molecule has 0 saturated carbocycles. The molecule has 0 aromatic rings. The van der Waals surface area contributed by atoms with E-state index in [1.165, 1.54) is 11.8 Å². The van der Waals surface area contributed by atoms with Crippen molar-refractivity contribution < 1.29 is 14.7 Å². The molecule has 1 atom stereocenters. The van der Waals surface area contributed by atoms with E-state index in [0.717, 1.165) is 0 Å². The molecule has 0 saturated heterocycles. The summed E-state index contributed by atoms with van der Waals surface area (Å²) in [5, 5.41) is 10.8. The Labute approximate surface area is 75.7 Å². The SMILES string of the molecule is CNC(=O)C(C)CSCC(=O)O. The van der Waals surface area contributed by atoms with Crippen LogP contribution >= 0.6 is 11.8 Å². The first kappa shape index (κ1) is 11.3. The van der Waals surface area contributed by atoms with Crippen LogP contribution in [0.5, 0.6) is 0 Å². The zero-order valence-electron chi connectivity index (χ0n) is 7.16. The summed E-state index contributed by atoms with van der Waals surface area (Å²) < 4.78 is 0. The maximum absolute atomic E-state index is 10.9. The monoisotopic (exact) mass is 191 g/mol. The maximum atomic E-state index is 10.9. The van der Waals surface area contributed by atoms with Crippen LogP contribution in [0.2, 0.25) is 0 Å². The second-order valence-corrected chi connectivity index (χ2v) is 3.45. The van der Waals surface area contributed by atoms with E-state index in [9.17, 15) is 9.59 Å². The second-order valence-electron chi connectivity index (χ2n) is 2.42. The summed E-state index contributed by atoms with van der Waals surface area (Å²) in [7, 11) is 1.57. The Morgan fingerprint density at radius 1 is 1.58 bits per heavy atom. The molecule has 0 aliphatic heterocycles. The van der Waals surface area contributed by atoms with Crippen molar-refractivity contribution >= 4 is 23.6 Å². The molecule has 0 aliphatic carbocycles. The fourth-order valence-electron chi connectivity index (χ4n) is 0.645. The average Bonchev–Trinajstić information content (AvgIpc) is 2.02. The molecule has 0 radical (unpaired) electrons. The van der Waals surface area contributed by atoms with Crippen LogP contribution < -0.4 is 5.32 Å². The van der Waals surface area contributed by atoms with Crippen molar-refractivity contribution in [2.24, 2.45) is 5.92 Å². The van der Waals surface area contributed by atoms with Gasteiger partial charge < -0.3 is 10.4 Å². The Hall–Kier alpha value is -0.710. The van der Waals surface area contributed by atoms with Gasteiger partial charge in [-0.1, -0.05) is 6.92 Å². The smallest absolute Gasteiger partial charge is 0.313 e. The number of carboxylic acid groups (broad SMARTS) is 1. The van der Waals surface area contributed by atoms with Crippen LogP contribution in [0.15, 0.2) is 0 Å². The summed E-state index contributed by atoms with van der Waals surface area (Å²) in [6, 6.07) is 0. The first-order valence-electron chi connectivity index (χ1n) is 3.59. The number of amides is 1. The van der Waals surface area contributed by atoms with Crippen molar-refractivity contribution in [3.05, 3.63) is 0 Å². The van der Waals surface area contributed by atoms with Gasteiger partial charge in [0.25, 0.3) is 0 Å². The summed E-state index contributed by atoms with van der Waals surface area (Å²) in [5.74, 6) is -0.413. The molecule has 1 amide bonds. The summed E-state index contributed by atoms with van der Waals surface area (Å²) in [5.41, 5.74) is 0. The van der Waals surface area contributed by atoms with Crippen LogP contribution in [0, 0.1) is 5.92 Å². The van der Waals surface area contributed by atoms with Crippen LogP contribution in [0.1, 0.15) is 6.92 Å². The Bertz CT molecular complexity index is 172. The van der Waals surface area contributed by atoms with Crippen LogP contribution in [-0.2, 0) is 9.59 Å². The van der Waals surface area contributed by atoms with E-state index in [2.05, 4.69) is 5.32 Å². The quantitative estimate of drug-likeness (QED) is 0.651. The number of thioether (sulfide) groups is 1. The summed E-state index contributed by atoms with van der Waals surface area (Å²) in [4.78, 5) is 21.0. The lowest BCUT2D eigenvalue weighted by molar-refractivity contribution is -0.134. The van der Waals surface area contributed by atoms with E-state index in [1.807, 2.05) is 0 Å². The topological polar surface area (TPSA) is 66.4 Å². The molecule has 0 fully saturated rings. The van der Waals surface area contributed by atoms with Crippen molar-refractivity contribution in [3.8, 4) is 0 Å². The summed E-state index contributed by atoms with van der Waals surface area (Å²) >= 11 is 1.25. The third-order valence-electron chi connectivity index (χ3n) is 1.29. The third-order valence-corrected chi connectivity index (χ3v) is 2.47. The van der Waals surface area contributed by atoms with E-state index in [0.29, 0.717) is 5.75 Å². The van der Waals surface area contributed by atoms with Crippen LogP contribution in [0.3, 0.4) is 0 Å². The van der Waals surface area contributed by atoms with E-state index < -0.39 is 5.97 Å². The molecule has 4 nitrogen and oxygen atoms in total. The lowest BCUT2D eigenvalue weighted by Gasteiger charge is -2.07. The fraction of sp³-hybridized carbons (Fsp3) is 0.714. The number of hydrogen-bond acceptors (Lipinski definition) is 3. The van der Waals surface area contributed by atoms with Crippen molar-refractivity contribution in [2.45, 2.75) is 6.92 Å². The number of hydrogen-bond donors (Lipinski definition) is 2. The zero-order chi connectivity index (χ0) is 9.56. The van der Waals surface area contributed by atoms with Crippen molar-refractivity contribution in [1.82, 2.24) is 5.32 Å². The standard InChI is InChI=1S/C7H13NO3S/c1-5(7(11)8-2)3-12-4-6(9)10/h5H,3-4H2,1-2H3,(H,8,11)(H,9,10). The molecule has 0 bridgehead atoms. The number of carboxylic acids is 1. The van der Waals surface area contributed by atoms with Gasteiger partial charge in [-0.3, -0.25) is 9.59 Å². The third kappa shape index (κ3) is 5.01. The number of nitrogens with one attached hydrogen (secondary N) is 1. The summed E-state index contributed by atoms with van der Waals surface area (Å²) in [6.07, 6.45) is 0. The highest BCUT2D eigenvalue weighted by molar-refractivity contribution is 7.99. The predicted molar refractivity (Wildman–Crippen MR) is 48.2 cm³/mol. The van der Waals surface area contributed by atoms with Gasteiger partial charge in [-0.25, -0.2) is 0 Å². The molecular formula is C7H13NO3S. The van der Waals surface area contributed by atoms with Gasteiger partial charge in [-0.05, 0) is 0 Å². The normalized spacial score (nSPS) is 12.2. The number of carbonyl (C=O) groups excluding carboxylic acids is 1. The van der Waals surface area contributed by atoms with Crippen LogP contribution in [0.25, 0.3) is 0 Å². The number of rotatable bonds is 5. The molecule has 5 heteroatoms. The van der Waals surface area contributed by atoms with E-state index in [4.69, 9.17) is 5.11 Å². The van der Waals surface area contributed by atoms with Gasteiger partial charge in [0.2, 0.25) is 5.91 Å². The van der Waals surface area contributed by atoms with Crippen molar-refractivity contribution in [3.63, 3.8) is 0 Å². The minimum atomic E-state index is -0.843. The van der Waals surface area contributed by atoms with Gasteiger partial charge in [0.1, 0.15) is 0 Å². The van der Waals surface area contributed by atoms with Gasteiger partial charge >= 0.3 is 5.97 Å². The lowest BCUT2D eigenvalue weighted by atomic mass is 10.2. The van der Waals surface area contributed by atoms with Crippen molar-refractivity contribution in [1.29, 1.82) is 0 Å². The highest BCUT2D eigenvalue weighted by Gasteiger charge is 2.10. The van der Waals surface area contributed by atoms with Crippen LogP contribution in [0.4, 0.5) is 0 Å². The maximum Gasteiger partial charge on any atom is 0.313 e. The largest absolute Gasteiger partial charge is 0.481 e. The van der Waals surface area contributed by atoms with E-state index in [-0.39, 0.29) is 17.6 Å². The Morgan fingerprint density at radius 2 is 2.17 bits per heavy atom. The molecule has 0 aromatic carbocycles. The van der Waals surface area contributed by atoms with Gasteiger partial charge in [0, 0.05) is 18.7 Å². The molecule has 0 heterocycles. The predicted octanol–water partition coefficient (Wildman–Crippen LogP) is 0.186. The zero-order valence-corrected chi connectivity index (χ0v) is 7.98. The van der Waals surface area contributed by atoms with Gasteiger partial charge in [-0.15, -0.1) is 11.8 Å². The summed E-state index contributed by atoms with van der Waals surface area (Å²) in [6.45, 7) is 1.77. The first-order valence-corrected chi connectivity index (χ1v) is 4.74. The number of carbonyl (C=O) groups is 2. The van der Waals surface area contributed by atoms with Gasteiger partial charge in [-0.2, -0.15) is 0 Å². The number of aliphatic carboxylic acids is 1. The highest BCUT2D eigenvalue weighted by Crippen LogP contribution is 2.07. The first-order chi connectivity index (χ1) is 5.57. The fourth-order valence-corrected chi connectivity index (χ4v) is 1.44. The Kier molecular flexibility index (Phi) is 5.53. The lowest BCUT2D eigenvalue weighted by Crippen LogP contribution is -2.26. The molecule has 0 aliphatic rings. The minimum Gasteiger partial charge on any atom is -0.481 e. The molecule has 0 rings (SSSR count). The van der Waals surface area contributed by atoms with Gasteiger partial charge in [0.05, 0.1) is 5.75 Å². The van der Waals surface area contributed by atoms with Crippen molar-refractivity contribution in [2.75, 3.05) is 18.6 Å². The molecule has 0 aromatic heterocycles. The minimum absolute atomic E-state index is 0.0483. The molecule has 70 valence electrons. The Balaban J connectivity index is 3.50. The average molecular weight is 191 g/mol. The molecule has 0 spiro atoms. The van der Waals surface area contributed by atoms with Gasteiger partial charge in [0.15, 0.2) is 0 Å². The highest BCUT2D eigenvalue weighted by atomic mass is 32.2. The molecule has 2 N–H and O–H groups in total. The second kappa shape index (κ2) is 5.88. The molecular weight excluding hydrogens is 178 g/mol. The molecule has 1 unspecified atom stereocenters. The molecule has 12 heavy (non-hydrogen) atoms. The van der Waals surface area contributed by atoms with E-state index >= 15 is 0 Å². The Morgan fingerprint density at radius 3 is 2.58 bits per heavy atom. The van der Waals surface area contributed by atoms with E-state index in [1.54, 1.807) is 14.0 Å².